The molecular formula is C20H23F2N7O2. The van der Waals surface area contributed by atoms with E-state index >= 15 is 0 Å². The predicted molar refractivity (Wildman–Crippen MR) is 112 cm³/mol. The van der Waals surface area contributed by atoms with E-state index in [0.29, 0.717) is 24.1 Å². The minimum absolute atomic E-state index is 0.0366. The second-order valence-electron chi connectivity index (χ2n) is 7.17. The molecule has 8 N–H and O–H groups in total. The molecule has 1 amide bonds. The lowest BCUT2D eigenvalue weighted by Gasteiger charge is -2.36. The van der Waals surface area contributed by atoms with Gasteiger partial charge in [-0.3, -0.25) is 9.59 Å². The van der Waals surface area contributed by atoms with Crippen LogP contribution >= 0.6 is 0 Å². The van der Waals surface area contributed by atoms with Gasteiger partial charge in [-0.15, -0.1) is 0 Å². The van der Waals surface area contributed by atoms with Gasteiger partial charge in [0.1, 0.15) is 5.82 Å². The fraction of sp³-hybridized carbons (Fsp3) is 0.300. The first kappa shape index (κ1) is 22.1. The number of benzene rings is 1. The van der Waals surface area contributed by atoms with Crippen LogP contribution in [0.5, 0.6) is 0 Å². The largest absolute Gasteiger partial charge is 0.404 e. The number of nitrogens with zero attached hydrogens (tertiary/aromatic N) is 2. The molecule has 3 rings (SSSR count). The average molecular weight is 431 g/mol. The van der Waals surface area contributed by atoms with Gasteiger partial charge in [0.15, 0.2) is 17.3 Å². The van der Waals surface area contributed by atoms with Gasteiger partial charge < -0.3 is 27.8 Å². The van der Waals surface area contributed by atoms with Gasteiger partial charge in [-0.2, -0.15) is 0 Å². The number of halogens is 2. The number of anilines is 3. The molecule has 1 aliphatic carbocycles. The number of carbonyl (C=O) groups is 2. The van der Waals surface area contributed by atoms with Crippen molar-refractivity contribution in [3.63, 3.8) is 0 Å². The number of nitrogens with one attached hydrogen (secondary N) is 2. The molecule has 0 saturated heterocycles. The third kappa shape index (κ3) is 5.12. The molecule has 0 spiro atoms. The number of amides is 1. The highest BCUT2D eigenvalue weighted by Crippen LogP contribution is 2.33. The van der Waals surface area contributed by atoms with Crippen molar-refractivity contribution in [3.05, 3.63) is 54.0 Å². The summed E-state index contributed by atoms with van der Waals surface area (Å²) < 4.78 is 27.8. The lowest BCUT2D eigenvalue weighted by molar-refractivity contribution is -0.0554. The van der Waals surface area contributed by atoms with Crippen LogP contribution in [0.3, 0.4) is 0 Å². The number of hydrogen-bond donors (Lipinski definition) is 5. The standard InChI is InChI=1S/C20H23F2N7O2/c21-20(22)8-1-2-13(17(20)24)28-15-10-26-16(18(25)31)19(29-15)27-12-5-3-11(4-6-12)14(30)7-9-23/h3-7,9-10,13,17H,1-2,8,23-24H2,(H2,25,31)(H2,27,28,29)/t13-,17-/m1/s1. The summed E-state index contributed by atoms with van der Waals surface area (Å²) in [4.78, 5) is 31.8. The molecule has 2 atom stereocenters. The van der Waals surface area contributed by atoms with Gasteiger partial charge in [0.2, 0.25) is 0 Å². The third-order valence-electron chi connectivity index (χ3n) is 4.97. The molecule has 0 aliphatic heterocycles. The highest BCUT2D eigenvalue weighted by atomic mass is 19.3. The monoisotopic (exact) mass is 431 g/mol. The molecular weight excluding hydrogens is 408 g/mol. The van der Waals surface area contributed by atoms with Crippen LogP contribution in [0.4, 0.5) is 26.1 Å². The molecule has 11 heteroatoms. The molecule has 9 nitrogen and oxygen atoms in total. The van der Waals surface area contributed by atoms with E-state index in [1.54, 1.807) is 24.3 Å². The maximum absolute atomic E-state index is 13.9. The molecule has 0 bridgehead atoms. The molecule has 1 saturated carbocycles. The van der Waals surface area contributed by atoms with Crippen molar-refractivity contribution in [3.8, 4) is 0 Å². The summed E-state index contributed by atoms with van der Waals surface area (Å²) in [5, 5.41) is 5.79. The van der Waals surface area contributed by atoms with E-state index in [0.717, 1.165) is 6.20 Å². The summed E-state index contributed by atoms with van der Waals surface area (Å²) in [5.41, 5.74) is 17.1. The zero-order chi connectivity index (χ0) is 22.6. The Kier molecular flexibility index (Phi) is 6.44. The van der Waals surface area contributed by atoms with Gasteiger partial charge in [0.05, 0.1) is 12.2 Å². The fourth-order valence-corrected chi connectivity index (χ4v) is 3.31. The van der Waals surface area contributed by atoms with E-state index in [4.69, 9.17) is 17.2 Å². The average Bonchev–Trinajstić information content (AvgIpc) is 2.72. The first-order valence-corrected chi connectivity index (χ1v) is 9.58. The summed E-state index contributed by atoms with van der Waals surface area (Å²) in [6.45, 7) is 0. The predicted octanol–water partition coefficient (Wildman–Crippen LogP) is 1.90. The van der Waals surface area contributed by atoms with Crippen LogP contribution in [0.1, 0.15) is 40.1 Å². The van der Waals surface area contributed by atoms with Crippen LogP contribution in [0.25, 0.3) is 0 Å². The normalized spacial score (nSPS) is 20.4. The van der Waals surface area contributed by atoms with E-state index in [1.165, 1.54) is 12.3 Å². The van der Waals surface area contributed by atoms with Crippen molar-refractivity contribution in [2.75, 3.05) is 10.6 Å². The maximum Gasteiger partial charge on any atom is 0.271 e. The van der Waals surface area contributed by atoms with Crippen LogP contribution < -0.4 is 27.8 Å². The number of allylic oxidation sites excluding steroid dienone is 1. The molecule has 0 radical (unpaired) electrons. The fourth-order valence-electron chi connectivity index (χ4n) is 3.31. The van der Waals surface area contributed by atoms with Gasteiger partial charge >= 0.3 is 0 Å². The zero-order valence-corrected chi connectivity index (χ0v) is 16.5. The number of carbonyl (C=O) groups excluding carboxylic acids is 2. The number of aromatic nitrogens is 2. The van der Waals surface area contributed by atoms with E-state index in [-0.39, 0.29) is 29.5 Å². The first-order valence-electron chi connectivity index (χ1n) is 9.58. The number of rotatable bonds is 7. The van der Waals surface area contributed by atoms with E-state index in [2.05, 4.69) is 20.6 Å². The Balaban J connectivity index is 1.82. The summed E-state index contributed by atoms with van der Waals surface area (Å²) in [5.74, 6) is -3.85. The minimum atomic E-state index is -2.98. The van der Waals surface area contributed by atoms with Crippen molar-refractivity contribution < 1.29 is 18.4 Å². The SMILES string of the molecule is NC=CC(=O)c1ccc(Nc2nc(N[C@@H]3CCCC(F)(F)[C@@H]3N)cnc2C(N)=O)cc1. The second kappa shape index (κ2) is 9.04. The number of ketones is 1. The Morgan fingerprint density at radius 3 is 2.58 bits per heavy atom. The molecule has 1 aliphatic rings. The van der Waals surface area contributed by atoms with Crippen molar-refractivity contribution in [2.24, 2.45) is 17.2 Å². The van der Waals surface area contributed by atoms with Crippen molar-refractivity contribution in [2.45, 2.75) is 37.3 Å². The van der Waals surface area contributed by atoms with Crippen molar-refractivity contribution >= 4 is 29.0 Å². The van der Waals surface area contributed by atoms with Gasteiger partial charge in [-0.25, -0.2) is 18.7 Å². The molecule has 31 heavy (non-hydrogen) atoms. The minimum Gasteiger partial charge on any atom is -0.404 e. The van der Waals surface area contributed by atoms with Gasteiger partial charge in [-0.05, 0) is 43.3 Å². The van der Waals surface area contributed by atoms with Crippen LogP contribution in [0.2, 0.25) is 0 Å². The molecule has 0 unspecified atom stereocenters. The summed E-state index contributed by atoms with van der Waals surface area (Å²) in [6.07, 6.45) is 4.13. The van der Waals surface area contributed by atoms with Crippen molar-refractivity contribution in [1.82, 2.24) is 9.97 Å². The summed E-state index contributed by atoms with van der Waals surface area (Å²) in [6, 6.07) is 4.25. The molecule has 1 heterocycles. The Morgan fingerprint density at radius 1 is 1.23 bits per heavy atom. The molecule has 1 aromatic heterocycles. The summed E-state index contributed by atoms with van der Waals surface area (Å²) >= 11 is 0. The topological polar surface area (TPSA) is 162 Å². The van der Waals surface area contributed by atoms with Crippen LogP contribution in [0, 0.1) is 0 Å². The Labute approximate surface area is 177 Å². The number of hydrogen-bond acceptors (Lipinski definition) is 8. The molecule has 2 aromatic rings. The summed E-state index contributed by atoms with van der Waals surface area (Å²) in [7, 11) is 0. The Hall–Kier alpha value is -3.60. The number of alkyl halides is 2. The lowest BCUT2D eigenvalue weighted by Crippen LogP contribution is -2.55. The van der Waals surface area contributed by atoms with Crippen LogP contribution in [-0.2, 0) is 0 Å². The highest BCUT2D eigenvalue weighted by molar-refractivity contribution is 6.04. The maximum atomic E-state index is 13.9. The molecule has 164 valence electrons. The molecule has 1 aromatic carbocycles. The van der Waals surface area contributed by atoms with Crippen LogP contribution in [-0.4, -0.2) is 39.7 Å². The number of primary amides is 1. The third-order valence-corrected chi connectivity index (χ3v) is 4.97. The quantitative estimate of drug-likeness (QED) is 0.328. The zero-order valence-electron chi connectivity index (χ0n) is 16.5. The van der Waals surface area contributed by atoms with Gasteiger partial charge in [0, 0.05) is 29.8 Å². The Bertz CT molecular complexity index is 996. The Morgan fingerprint density at radius 2 is 1.94 bits per heavy atom. The van der Waals surface area contributed by atoms with Gasteiger partial charge in [-0.1, -0.05) is 0 Å². The lowest BCUT2D eigenvalue weighted by atomic mass is 9.87. The van der Waals surface area contributed by atoms with E-state index in [1.807, 2.05) is 0 Å². The van der Waals surface area contributed by atoms with E-state index in [9.17, 15) is 18.4 Å². The molecule has 1 fully saturated rings. The van der Waals surface area contributed by atoms with Crippen LogP contribution in [0.15, 0.2) is 42.7 Å². The highest BCUT2D eigenvalue weighted by Gasteiger charge is 2.44. The van der Waals surface area contributed by atoms with E-state index < -0.39 is 23.9 Å². The smallest absolute Gasteiger partial charge is 0.271 e. The second-order valence-corrected chi connectivity index (χ2v) is 7.17. The first-order chi connectivity index (χ1) is 14.7. The van der Waals surface area contributed by atoms with Crippen molar-refractivity contribution in [1.29, 1.82) is 0 Å². The number of nitrogens with two attached hydrogens (primary N) is 3. The van der Waals surface area contributed by atoms with Gasteiger partial charge in [0.25, 0.3) is 11.8 Å².